The number of rotatable bonds is 2. The van der Waals surface area contributed by atoms with Crippen LogP contribution in [0.25, 0.3) is 11.0 Å². The summed E-state index contributed by atoms with van der Waals surface area (Å²) in [5.74, 6) is -0.0340. The van der Waals surface area contributed by atoms with Gasteiger partial charge in [-0.1, -0.05) is 0 Å². The van der Waals surface area contributed by atoms with Crippen molar-refractivity contribution >= 4 is 23.0 Å². The molecular weight excluding hydrogens is 332 g/mol. The first kappa shape index (κ1) is 18.2. The Kier molecular flexibility index (Phi) is 4.89. The van der Waals surface area contributed by atoms with Crippen LogP contribution in [-0.4, -0.2) is 51.2 Å². The molecule has 0 unspecified atom stereocenters. The number of nitrogens with zero attached hydrogens (tertiary/aromatic N) is 3. The second-order valence-electron chi connectivity index (χ2n) is 7.80. The molecule has 140 valence electrons. The fraction of sp³-hybridized carbons (Fsp3) is 0.526. The molecule has 3 rings (SSSR count). The Bertz CT molecular complexity index is 822. The molecule has 1 atom stereocenters. The van der Waals surface area contributed by atoms with E-state index in [1.54, 1.807) is 11.2 Å². The van der Waals surface area contributed by atoms with E-state index in [0.717, 1.165) is 23.9 Å². The van der Waals surface area contributed by atoms with E-state index in [0.29, 0.717) is 18.7 Å². The molecule has 1 fully saturated rings. The Hall–Kier alpha value is -2.57. The third-order valence-electron chi connectivity index (χ3n) is 4.40. The van der Waals surface area contributed by atoms with Gasteiger partial charge in [0.1, 0.15) is 5.60 Å². The minimum Gasteiger partial charge on any atom is -0.444 e. The minimum atomic E-state index is -0.535. The standard InChI is InChI=1S/C19H26N4O3/c1-19(2,3)26-18(25)21-14-6-5-9-23(11-14)17(24)13-7-8-16-15(10-13)20-12-22(16)4/h7-8,10,12,14H,5-6,9,11H2,1-4H3,(H,21,25)/t14-/m1/s1. The molecule has 2 amide bonds. The van der Waals surface area contributed by atoms with Gasteiger partial charge in [0.25, 0.3) is 5.91 Å². The second kappa shape index (κ2) is 6.97. The lowest BCUT2D eigenvalue weighted by Crippen LogP contribution is -2.50. The summed E-state index contributed by atoms with van der Waals surface area (Å²) in [6.45, 7) is 6.66. The molecular formula is C19H26N4O3. The summed E-state index contributed by atoms with van der Waals surface area (Å²) < 4.78 is 7.23. The van der Waals surface area contributed by atoms with Gasteiger partial charge in [-0.05, 0) is 51.8 Å². The summed E-state index contributed by atoms with van der Waals surface area (Å²) in [5, 5.41) is 2.87. The Morgan fingerprint density at radius 3 is 2.81 bits per heavy atom. The number of carbonyl (C=O) groups is 2. The van der Waals surface area contributed by atoms with Crippen LogP contribution in [0.15, 0.2) is 24.5 Å². The van der Waals surface area contributed by atoms with Crippen LogP contribution in [0.4, 0.5) is 4.79 Å². The van der Waals surface area contributed by atoms with E-state index in [2.05, 4.69) is 10.3 Å². The SMILES string of the molecule is Cn1cnc2cc(C(=O)N3CCC[C@@H](NC(=O)OC(C)(C)C)C3)ccc21. The first-order valence-electron chi connectivity index (χ1n) is 8.93. The van der Waals surface area contributed by atoms with Crippen LogP contribution in [0.3, 0.4) is 0 Å². The Morgan fingerprint density at radius 2 is 2.08 bits per heavy atom. The maximum Gasteiger partial charge on any atom is 0.407 e. The van der Waals surface area contributed by atoms with Crippen LogP contribution in [0.5, 0.6) is 0 Å². The van der Waals surface area contributed by atoms with Gasteiger partial charge < -0.3 is 19.5 Å². The molecule has 0 aliphatic carbocycles. The van der Waals surface area contributed by atoms with Gasteiger partial charge in [-0.15, -0.1) is 0 Å². The van der Waals surface area contributed by atoms with Gasteiger partial charge in [0.2, 0.25) is 0 Å². The largest absolute Gasteiger partial charge is 0.444 e. The predicted molar refractivity (Wildman–Crippen MR) is 99.0 cm³/mol. The third kappa shape index (κ3) is 4.15. The van der Waals surface area contributed by atoms with Gasteiger partial charge in [-0.25, -0.2) is 9.78 Å². The summed E-state index contributed by atoms with van der Waals surface area (Å²) in [4.78, 5) is 30.9. The van der Waals surface area contributed by atoms with Gasteiger partial charge >= 0.3 is 6.09 Å². The maximum atomic E-state index is 12.9. The third-order valence-corrected chi connectivity index (χ3v) is 4.40. The van der Waals surface area contributed by atoms with E-state index in [-0.39, 0.29) is 11.9 Å². The molecule has 7 nitrogen and oxygen atoms in total. The monoisotopic (exact) mass is 358 g/mol. The number of nitrogens with one attached hydrogen (secondary N) is 1. The van der Waals surface area contributed by atoms with Crippen LogP contribution in [0.1, 0.15) is 44.0 Å². The maximum absolute atomic E-state index is 12.9. The Labute approximate surface area is 153 Å². The minimum absolute atomic E-state index is 0.0340. The zero-order valence-corrected chi connectivity index (χ0v) is 15.8. The number of piperidine rings is 1. The predicted octanol–water partition coefficient (Wildman–Crippen LogP) is 2.70. The van der Waals surface area contributed by atoms with E-state index in [1.165, 1.54) is 0 Å². The number of alkyl carbamates (subject to hydrolysis) is 1. The lowest BCUT2D eigenvalue weighted by atomic mass is 10.0. The van der Waals surface area contributed by atoms with E-state index < -0.39 is 11.7 Å². The van der Waals surface area contributed by atoms with Gasteiger partial charge in [0.05, 0.1) is 17.4 Å². The number of aryl methyl sites for hydroxylation is 1. The van der Waals surface area contributed by atoms with Crippen molar-refractivity contribution in [3.63, 3.8) is 0 Å². The van der Waals surface area contributed by atoms with Crippen molar-refractivity contribution < 1.29 is 14.3 Å². The highest BCUT2D eigenvalue weighted by molar-refractivity contribution is 5.97. The molecule has 7 heteroatoms. The number of benzene rings is 1. The topological polar surface area (TPSA) is 76.5 Å². The first-order chi connectivity index (χ1) is 12.2. The summed E-state index contributed by atoms with van der Waals surface area (Å²) in [6.07, 6.45) is 2.98. The Morgan fingerprint density at radius 1 is 1.31 bits per heavy atom. The van der Waals surface area contributed by atoms with Crippen LogP contribution in [0.2, 0.25) is 0 Å². The zero-order chi connectivity index (χ0) is 18.9. The molecule has 2 aromatic rings. The van der Waals surface area contributed by atoms with Crippen molar-refractivity contribution in [2.75, 3.05) is 13.1 Å². The number of aromatic nitrogens is 2. The number of imidazole rings is 1. The average molecular weight is 358 g/mol. The van der Waals surface area contributed by atoms with Crippen LogP contribution >= 0.6 is 0 Å². The van der Waals surface area contributed by atoms with Crippen molar-refractivity contribution in [3.8, 4) is 0 Å². The molecule has 26 heavy (non-hydrogen) atoms. The molecule has 1 aromatic carbocycles. The first-order valence-corrected chi connectivity index (χ1v) is 8.93. The number of amides is 2. The van der Waals surface area contributed by atoms with Crippen molar-refractivity contribution in [2.24, 2.45) is 7.05 Å². The summed E-state index contributed by atoms with van der Waals surface area (Å²) >= 11 is 0. The highest BCUT2D eigenvalue weighted by atomic mass is 16.6. The molecule has 1 N–H and O–H groups in total. The van der Waals surface area contributed by atoms with E-state index in [1.807, 2.05) is 50.6 Å². The number of carbonyl (C=O) groups excluding carboxylic acids is 2. The van der Waals surface area contributed by atoms with Gasteiger partial charge in [-0.3, -0.25) is 4.79 Å². The second-order valence-corrected chi connectivity index (χ2v) is 7.80. The van der Waals surface area contributed by atoms with Crippen molar-refractivity contribution in [3.05, 3.63) is 30.1 Å². The normalized spacial score (nSPS) is 18.0. The van der Waals surface area contributed by atoms with E-state index in [4.69, 9.17) is 4.74 Å². The number of likely N-dealkylation sites (tertiary alicyclic amines) is 1. The molecule has 0 radical (unpaired) electrons. The molecule has 1 aromatic heterocycles. The van der Waals surface area contributed by atoms with Crippen LogP contribution < -0.4 is 5.32 Å². The average Bonchev–Trinajstić information content (AvgIpc) is 2.93. The fourth-order valence-corrected chi connectivity index (χ4v) is 3.21. The Balaban J connectivity index is 1.66. The number of ether oxygens (including phenoxy) is 1. The van der Waals surface area contributed by atoms with Crippen molar-refractivity contribution in [2.45, 2.75) is 45.3 Å². The highest BCUT2D eigenvalue weighted by Crippen LogP contribution is 2.18. The van der Waals surface area contributed by atoms with Crippen LogP contribution in [0, 0.1) is 0 Å². The lowest BCUT2D eigenvalue weighted by molar-refractivity contribution is 0.0452. The highest BCUT2D eigenvalue weighted by Gasteiger charge is 2.27. The molecule has 2 heterocycles. The van der Waals surface area contributed by atoms with Crippen molar-refractivity contribution in [1.82, 2.24) is 19.8 Å². The van der Waals surface area contributed by atoms with Gasteiger partial charge in [0, 0.05) is 31.7 Å². The summed E-state index contributed by atoms with van der Waals surface area (Å²) in [6, 6.07) is 5.47. The molecule has 0 bridgehead atoms. The summed E-state index contributed by atoms with van der Waals surface area (Å²) in [7, 11) is 1.92. The molecule has 1 aliphatic heterocycles. The van der Waals surface area contributed by atoms with Gasteiger partial charge in [-0.2, -0.15) is 0 Å². The number of fused-ring (bicyclic) bond motifs is 1. The van der Waals surface area contributed by atoms with E-state index in [9.17, 15) is 9.59 Å². The number of hydrogen-bond acceptors (Lipinski definition) is 4. The fourth-order valence-electron chi connectivity index (χ4n) is 3.21. The number of hydrogen-bond donors (Lipinski definition) is 1. The molecule has 1 aliphatic rings. The van der Waals surface area contributed by atoms with Gasteiger partial charge in [0.15, 0.2) is 0 Å². The molecule has 0 spiro atoms. The zero-order valence-electron chi connectivity index (χ0n) is 15.8. The quantitative estimate of drug-likeness (QED) is 0.895. The summed E-state index contributed by atoms with van der Waals surface area (Å²) in [5.41, 5.74) is 1.88. The van der Waals surface area contributed by atoms with E-state index >= 15 is 0 Å². The molecule has 0 saturated carbocycles. The smallest absolute Gasteiger partial charge is 0.407 e. The molecule has 1 saturated heterocycles. The van der Waals surface area contributed by atoms with Crippen molar-refractivity contribution in [1.29, 1.82) is 0 Å². The lowest BCUT2D eigenvalue weighted by Gasteiger charge is -2.33. The van der Waals surface area contributed by atoms with Crippen LogP contribution in [-0.2, 0) is 11.8 Å².